The van der Waals surface area contributed by atoms with Gasteiger partial charge in [0.1, 0.15) is 4.47 Å². The number of unbranched alkanes of at least 4 members (excludes halogenated alkanes) is 1. The van der Waals surface area contributed by atoms with Gasteiger partial charge in [-0.25, -0.2) is 4.68 Å². The monoisotopic (exact) mass is 353 g/mol. The predicted molar refractivity (Wildman–Crippen MR) is 86.4 cm³/mol. The summed E-state index contributed by atoms with van der Waals surface area (Å²) < 4.78 is 3.87. The first-order chi connectivity index (χ1) is 10.1. The minimum absolute atomic E-state index is 0.0975. The average Bonchev–Trinajstić information content (AvgIpc) is 2.96. The van der Waals surface area contributed by atoms with Crippen LogP contribution in [0.5, 0.6) is 0 Å². The summed E-state index contributed by atoms with van der Waals surface area (Å²) in [5.74, 6) is 0. The maximum atomic E-state index is 12.2. The van der Waals surface area contributed by atoms with Crippen molar-refractivity contribution >= 4 is 21.6 Å². The van der Waals surface area contributed by atoms with Gasteiger partial charge in [-0.1, -0.05) is 13.3 Å². The van der Waals surface area contributed by atoms with Gasteiger partial charge in [-0.15, -0.1) is 0 Å². The number of rotatable bonds is 7. The molecule has 7 heteroatoms. The number of halogens is 1. The van der Waals surface area contributed by atoms with E-state index in [-0.39, 0.29) is 11.6 Å². The molecular formula is C14H20BrN5O. The molecule has 0 aliphatic heterocycles. The second-order valence-electron chi connectivity index (χ2n) is 5.03. The molecule has 2 heterocycles. The summed E-state index contributed by atoms with van der Waals surface area (Å²) in [6.45, 7) is 5.50. The van der Waals surface area contributed by atoms with Gasteiger partial charge in [0, 0.05) is 25.0 Å². The van der Waals surface area contributed by atoms with Gasteiger partial charge in [0.2, 0.25) is 0 Å². The third-order valence-corrected chi connectivity index (χ3v) is 3.90. The van der Waals surface area contributed by atoms with E-state index >= 15 is 0 Å². The van der Waals surface area contributed by atoms with Crippen molar-refractivity contribution in [3.63, 3.8) is 0 Å². The Morgan fingerprint density at radius 3 is 2.90 bits per heavy atom. The summed E-state index contributed by atoms with van der Waals surface area (Å²) in [5.41, 5.74) is 0.618. The van der Waals surface area contributed by atoms with E-state index in [0.29, 0.717) is 16.7 Å². The topological polar surface area (TPSA) is 64.7 Å². The highest BCUT2D eigenvalue weighted by Gasteiger charge is 2.11. The molecule has 1 atom stereocenters. The number of hydrogen-bond acceptors (Lipinski definition) is 4. The number of anilines is 1. The van der Waals surface area contributed by atoms with Gasteiger partial charge in [-0.3, -0.25) is 9.48 Å². The molecule has 0 saturated heterocycles. The summed E-state index contributed by atoms with van der Waals surface area (Å²) >= 11 is 3.37. The van der Waals surface area contributed by atoms with Gasteiger partial charge in [0.25, 0.3) is 5.56 Å². The lowest BCUT2D eigenvalue weighted by atomic mass is 10.3. The summed E-state index contributed by atoms with van der Waals surface area (Å²) in [6.07, 6.45) is 7.34. The average molecular weight is 354 g/mol. The molecule has 0 spiro atoms. The highest BCUT2D eigenvalue weighted by molar-refractivity contribution is 9.10. The molecule has 0 fully saturated rings. The largest absolute Gasteiger partial charge is 0.378 e. The molecule has 0 aliphatic rings. The predicted octanol–water partition coefficient (Wildman–Crippen LogP) is 2.50. The SMILES string of the molecule is CCCCn1ncc(NC(C)Cn2cccn2)c(Br)c1=O. The van der Waals surface area contributed by atoms with E-state index in [1.54, 1.807) is 12.4 Å². The van der Waals surface area contributed by atoms with Crippen LogP contribution in [0.2, 0.25) is 0 Å². The van der Waals surface area contributed by atoms with Crippen molar-refractivity contribution in [3.8, 4) is 0 Å². The van der Waals surface area contributed by atoms with Crippen LogP contribution >= 0.6 is 15.9 Å². The maximum Gasteiger partial charge on any atom is 0.283 e. The number of aromatic nitrogens is 4. The van der Waals surface area contributed by atoms with E-state index in [2.05, 4.69) is 38.4 Å². The van der Waals surface area contributed by atoms with E-state index in [1.807, 2.05) is 23.9 Å². The minimum atomic E-state index is -0.0975. The van der Waals surface area contributed by atoms with Gasteiger partial charge >= 0.3 is 0 Å². The van der Waals surface area contributed by atoms with Crippen molar-refractivity contribution in [2.45, 2.75) is 45.8 Å². The highest BCUT2D eigenvalue weighted by Crippen LogP contribution is 2.17. The lowest BCUT2D eigenvalue weighted by Crippen LogP contribution is -2.27. The first kappa shape index (κ1) is 15.8. The first-order valence-electron chi connectivity index (χ1n) is 7.11. The van der Waals surface area contributed by atoms with Gasteiger partial charge in [0.15, 0.2) is 0 Å². The molecule has 1 unspecified atom stereocenters. The summed E-state index contributed by atoms with van der Waals surface area (Å²) in [4.78, 5) is 12.2. The number of hydrogen-bond donors (Lipinski definition) is 1. The van der Waals surface area contributed by atoms with Crippen LogP contribution in [0.4, 0.5) is 5.69 Å². The lowest BCUT2D eigenvalue weighted by Gasteiger charge is -2.16. The zero-order valence-electron chi connectivity index (χ0n) is 12.3. The summed E-state index contributed by atoms with van der Waals surface area (Å²) in [7, 11) is 0. The third-order valence-electron chi connectivity index (χ3n) is 3.13. The Hall–Kier alpha value is -1.63. The van der Waals surface area contributed by atoms with E-state index in [9.17, 15) is 4.79 Å². The van der Waals surface area contributed by atoms with Gasteiger partial charge in [-0.05, 0) is 35.3 Å². The molecule has 0 aliphatic carbocycles. The third kappa shape index (κ3) is 4.17. The molecule has 0 saturated carbocycles. The van der Waals surface area contributed by atoms with Crippen LogP contribution in [0.3, 0.4) is 0 Å². The van der Waals surface area contributed by atoms with Gasteiger partial charge in [-0.2, -0.15) is 10.2 Å². The molecule has 2 rings (SSSR count). The molecule has 0 bridgehead atoms. The highest BCUT2D eigenvalue weighted by atomic mass is 79.9. The minimum Gasteiger partial charge on any atom is -0.378 e. The van der Waals surface area contributed by atoms with Crippen LogP contribution in [0, 0.1) is 0 Å². The molecule has 0 radical (unpaired) electrons. The Morgan fingerprint density at radius 2 is 2.24 bits per heavy atom. The van der Waals surface area contributed by atoms with Crippen molar-refractivity contribution in [3.05, 3.63) is 39.5 Å². The van der Waals surface area contributed by atoms with Crippen molar-refractivity contribution in [2.75, 3.05) is 5.32 Å². The Bertz CT molecular complexity index is 623. The summed E-state index contributed by atoms with van der Waals surface area (Å²) in [6, 6.07) is 2.02. The van der Waals surface area contributed by atoms with Crippen LogP contribution in [0.15, 0.2) is 33.9 Å². The second kappa shape index (κ2) is 7.40. The zero-order valence-corrected chi connectivity index (χ0v) is 13.9. The standard InChI is InChI=1S/C14H20BrN5O/c1-3-4-8-20-14(21)13(15)12(9-17-20)18-11(2)10-19-7-5-6-16-19/h5-7,9,11,18H,3-4,8,10H2,1-2H3. The molecule has 2 aromatic heterocycles. The Kier molecular flexibility index (Phi) is 5.55. The second-order valence-corrected chi connectivity index (χ2v) is 5.82. The Balaban J connectivity index is 2.06. The fourth-order valence-electron chi connectivity index (χ4n) is 2.03. The molecule has 6 nitrogen and oxygen atoms in total. The maximum absolute atomic E-state index is 12.2. The van der Waals surface area contributed by atoms with E-state index in [4.69, 9.17) is 0 Å². The fourth-order valence-corrected chi connectivity index (χ4v) is 2.45. The van der Waals surface area contributed by atoms with Crippen molar-refractivity contribution in [1.82, 2.24) is 19.6 Å². The lowest BCUT2D eigenvalue weighted by molar-refractivity contribution is 0.537. The number of nitrogens with one attached hydrogen (secondary N) is 1. The molecule has 1 N–H and O–H groups in total. The van der Waals surface area contributed by atoms with Crippen LogP contribution in [0.25, 0.3) is 0 Å². The van der Waals surface area contributed by atoms with Crippen molar-refractivity contribution < 1.29 is 0 Å². The van der Waals surface area contributed by atoms with Gasteiger partial charge in [0.05, 0.1) is 18.4 Å². The number of nitrogens with zero attached hydrogens (tertiary/aromatic N) is 4. The van der Waals surface area contributed by atoms with Crippen LogP contribution in [0.1, 0.15) is 26.7 Å². The Labute approximate surface area is 132 Å². The number of aryl methyl sites for hydroxylation is 1. The van der Waals surface area contributed by atoms with Crippen LogP contribution in [-0.2, 0) is 13.1 Å². The van der Waals surface area contributed by atoms with E-state index in [0.717, 1.165) is 19.4 Å². The molecule has 2 aromatic rings. The Morgan fingerprint density at radius 1 is 1.43 bits per heavy atom. The molecule has 21 heavy (non-hydrogen) atoms. The molecular weight excluding hydrogens is 334 g/mol. The molecule has 0 aromatic carbocycles. The quantitative estimate of drug-likeness (QED) is 0.830. The van der Waals surface area contributed by atoms with Crippen LogP contribution < -0.4 is 10.9 Å². The van der Waals surface area contributed by atoms with Crippen molar-refractivity contribution in [2.24, 2.45) is 0 Å². The van der Waals surface area contributed by atoms with E-state index < -0.39 is 0 Å². The fraction of sp³-hybridized carbons (Fsp3) is 0.500. The normalized spacial score (nSPS) is 12.3. The van der Waals surface area contributed by atoms with Crippen molar-refractivity contribution in [1.29, 1.82) is 0 Å². The smallest absolute Gasteiger partial charge is 0.283 e. The molecule has 114 valence electrons. The van der Waals surface area contributed by atoms with Gasteiger partial charge < -0.3 is 5.32 Å². The molecule has 0 amide bonds. The van der Waals surface area contributed by atoms with Crippen LogP contribution in [-0.4, -0.2) is 25.6 Å². The zero-order chi connectivity index (χ0) is 15.2. The summed E-state index contributed by atoms with van der Waals surface area (Å²) in [5, 5.41) is 11.7. The van der Waals surface area contributed by atoms with E-state index in [1.165, 1.54) is 4.68 Å². The first-order valence-corrected chi connectivity index (χ1v) is 7.90.